The lowest BCUT2D eigenvalue weighted by atomic mass is 10.1. The fraction of sp³-hybridized carbons (Fsp3) is 0.667. The Morgan fingerprint density at radius 3 is 2.72 bits per heavy atom. The number of nitrogens with one attached hydrogen (secondary N) is 1. The Kier molecular flexibility index (Phi) is 5.25. The van der Waals surface area contributed by atoms with Gasteiger partial charge in [-0.2, -0.15) is 0 Å². The third kappa shape index (κ3) is 4.17. The third-order valence-electron chi connectivity index (χ3n) is 6.18. The summed E-state index contributed by atoms with van der Waals surface area (Å²) in [6.07, 6.45) is 5.41. The number of hydrogen-bond donors (Lipinski definition) is 1. The second kappa shape index (κ2) is 7.77. The molecule has 1 aromatic rings. The first-order valence-corrected chi connectivity index (χ1v) is 10.1. The average molecular weight is 341 g/mol. The van der Waals surface area contributed by atoms with Crippen molar-refractivity contribution in [1.82, 2.24) is 15.1 Å². The lowest BCUT2D eigenvalue weighted by molar-refractivity contribution is 0.281. The predicted molar refractivity (Wildman–Crippen MR) is 104 cm³/mol. The Bertz CT molecular complexity index is 579. The van der Waals surface area contributed by atoms with Crippen LogP contribution in [0.4, 0.5) is 0 Å². The number of rotatable bonds is 5. The second-order valence-corrected chi connectivity index (χ2v) is 8.05. The summed E-state index contributed by atoms with van der Waals surface area (Å²) in [5, 5.41) is 3.65. The number of benzene rings is 1. The molecule has 3 aliphatic rings. The number of guanidine groups is 1. The molecule has 1 aliphatic carbocycles. The van der Waals surface area contributed by atoms with Gasteiger partial charge in [-0.25, -0.2) is 0 Å². The van der Waals surface area contributed by atoms with E-state index in [9.17, 15) is 0 Å². The van der Waals surface area contributed by atoms with Crippen LogP contribution in [0, 0.1) is 11.8 Å². The highest BCUT2D eigenvalue weighted by atomic mass is 15.3. The van der Waals surface area contributed by atoms with Gasteiger partial charge in [-0.1, -0.05) is 30.3 Å². The maximum Gasteiger partial charge on any atom is 0.193 e. The molecule has 0 aromatic heterocycles. The highest BCUT2D eigenvalue weighted by Crippen LogP contribution is 2.46. The summed E-state index contributed by atoms with van der Waals surface area (Å²) < 4.78 is 0. The van der Waals surface area contributed by atoms with Gasteiger partial charge < -0.3 is 15.1 Å². The Labute approximate surface area is 152 Å². The van der Waals surface area contributed by atoms with E-state index in [4.69, 9.17) is 0 Å². The molecule has 0 bridgehead atoms. The number of aliphatic imine (C=N–C) groups is 1. The summed E-state index contributed by atoms with van der Waals surface area (Å²) in [5.74, 6) is 3.44. The van der Waals surface area contributed by atoms with Crippen molar-refractivity contribution in [3.8, 4) is 0 Å². The molecule has 4 nitrogen and oxygen atoms in total. The van der Waals surface area contributed by atoms with Gasteiger partial charge in [-0.3, -0.25) is 4.99 Å². The number of hydrogen-bond acceptors (Lipinski definition) is 2. The van der Waals surface area contributed by atoms with Crippen LogP contribution in [0.1, 0.15) is 37.2 Å². The smallest absolute Gasteiger partial charge is 0.193 e. The standard InChI is InChI=1S/C21H32N4/c1-22-21(23-14-19-13-20(19)18-7-3-2-4-8-18)25-12-9-17(16-25)15-24-10-5-6-11-24/h2-4,7-8,17,19-20H,5-6,9-16H2,1H3,(H,22,23). The third-order valence-corrected chi connectivity index (χ3v) is 6.18. The van der Waals surface area contributed by atoms with E-state index in [2.05, 4.69) is 50.4 Å². The molecule has 2 aliphatic heterocycles. The van der Waals surface area contributed by atoms with Crippen molar-refractivity contribution >= 4 is 5.96 Å². The average Bonchev–Trinajstić information content (AvgIpc) is 3.01. The van der Waals surface area contributed by atoms with Crippen LogP contribution in [0.15, 0.2) is 35.3 Å². The molecular weight excluding hydrogens is 308 g/mol. The van der Waals surface area contributed by atoms with Crippen molar-refractivity contribution < 1.29 is 0 Å². The minimum atomic E-state index is 0.744. The highest BCUT2D eigenvalue weighted by Gasteiger charge is 2.38. The quantitative estimate of drug-likeness (QED) is 0.660. The van der Waals surface area contributed by atoms with Crippen LogP contribution >= 0.6 is 0 Å². The van der Waals surface area contributed by atoms with Crippen LogP contribution in [0.5, 0.6) is 0 Å². The Morgan fingerprint density at radius 1 is 1.16 bits per heavy atom. The Morgan fingerprint density at radius 2 is 1.96 bits per heavy atom. The first-order chi connectivity index (χ1) is 12.3. The lowest BCUT2D eigenvalue weighted by Crippen LogP contribution is -2.41. The van der Waals surface area contributed by atoms with Crippen molar-refractivity contribution in [2.24, 2.45) is 16.8 Å². The van der Waals surface area contributed by atoms with Crippen molar-refractivity contribution in [2.45, 2.75) is 31.6 Å². The van der Waals surface area contributed by atoms with E-state index < -0.39 is 0 Å². The van der Waals surface area contributed by atoms with Crippen molar-refractivity contribution in [2.75, 3.05) is 46.3 Å². The first-order valence-electron chi connectivity index (χ1n) is 10.1. The molecule has 1 N–H and O–H groups in total. The van der Waals surface area contributed by atoms with Gasteiger partial charge in [0.2, 0.25) is 0 Å². The molecule has 3 unspecified atom stereocenters. The topological polar surface area (TPSA) is 30.9 Å². The maximum absolute atomic E-state index is 4.55. The number of nitrogens with zero attached hydrogens (tertiary/aromatic N) is 3. The van der Waals surface area contributed by atoms with Crippen molar-refractivity contribution in [3.05, 3.63) is 35.9 Å². The fourth-order valence-corrected chi connectivity index (χ4v) is 4.64. The van der Waals surface area contributed by atoms with Gasteiger partial charge in [0.1, 0.15) is 0 Å². The molecule has 1 aromatic carbocycles. The fourth-order valence-electron chi connectivity index (χ4n) is 4.64. The van der Waals surface area contributed by atoms with E-state index in [-0.39, 0.29) is 0 Å². The Hall–Kier alpha value is -1.55. The SMILES string of the molecule is CN=C(NCC1CC1c1ccccc1)N1CCC(CN2CCCC2)C1. The Balaban J connectivity index is 1.22. The van der Waals surface area contributed by atoms with Crippen molar-refractivity contribution in [3.63, 3.8) is 0 Å². The predicted octanol–water partition coefficient (Wildman–Crippen LogP) is 2.78. The second-order valence-electron chi connectivity index (χ2n) is 8.05. The van der Waals surface area contributed by atoms with Crippen LogP contribution in [0.2, 0.25) is 0 Å². The van der Waals surface area contributed by atoms with E-state index in [0.717, 1.165) is 36.8 Å². The van der Waals surface area contributed by atoms with Crippen LogP contribution < -0.4 is 5.32 Å². The molecular formula is C21H32N4. The van der Waals surface area contributed by atoms with Gasteiger partial charge in [-0.05, 0) is 62.1 Å². The van der Waals surface area contributed by atoms with Crippen molar-refractivity contribution in [1.29, 1.82) is 0 Å². The molecule has 136 valence electrons. The molecule has 0 spiro atoms. The molecule has 1 saturated carbocycles. The van der Waals surface area contributed by atoms with Gasteiger partial charge in [0.05, 0.1) is 0 Å². The van der Waals surface area contributed by atoms with Gasteiger partial charge in [0.25, 0.3) is 0 Å². The van der Waals surface area contributed by atoms with E-state index in [1.54, 1.807) is 0 Å². The molecule has 3 atom stereocenters. The summed E-state index contributed by atoms with van der Waals surface area (Å²) in [7, 11) is 1.93. The molecule has 2 heterocycles. The monoisotopic (exact) mass is 340 g/mol. The summed E-state index contributed by atoms with van der Waals surface area (Å²) in [5.41, 5.74) is 1.50. The van der Waals surface area contributed by atoms with Gasteiger partial charge in [0, 0.05) is 33.2 Å². The molecule has 3 fully saturated rings. The molecule has 0 amide bonds. The minimum absolute atomic E-state index is 0.744. The molecule has 0 radical (unpaired) electrons. The largest absolute Gasteiger partial charge is 0.356 e. The summed E-state index contributed by atoms with van der Waals surface area (Å²) in [4.78, 5) is 9.68. The molecule has 25 heavy (non-hydrogen) atoms. The van der Waals surface area contributed by atoms with Gasteiger partial charge in [-0.15, -0.1) is 0 Å². The summed E-state index contributed by atoms with van der Waals surface area (Å²) in [6, 6.07) is 10.9. The zero-order valence-electron chi connectivity index (χ0n) is 15.5. The van der Waals surface area contributed by atoms with Crippen LogP contribution in [0.25, 0.3) is 0 Å². The maximum atomic E-state index is 4.55. The van der Waals surface area contributed by atoms with E-state index in [0.29, 0.717) is 0 Å². The van der Waals surface area contributed by atoms with E-state index >= 15 is 0 Å². The van der Waals surface area contributed by atoms with E-state index in [1.165, 1.54) is 57.4 Å². The highest BCUT2D eigenvalue weighted by molar-refractivity contribution is 5.80. The summed E-state index contributed by atoms with van der Waals surface area (Å²) in [6.45, 7) is 7.29. The zero-order valence-corrected chi connectivity index (χ0v) is 15.5. The zero-order chi connectivity index (χ0) is 17.1. The normalized spacial score (nSPS) is 30.0. The molecule has 2 saturated heterocycles. The molecule has 4 heteroatoms. The summed E-state index contributed by atoms with van der Waals surface area (Å²) >= 11 is 0. The van der Waals surface area contributed by atoms with Crippen LogP contribution in [0.3, 0.4) is 0 Å². The van der Waals surface area contributed by atoms with Crippen LogP contribution in [-0.4, -0.2) is 62.1 Å². The first kappa shape index (κ1) is 16.9. The van der Waals surface area contributed by atoms with E-state index in [1.807, 2.05) is 7.05 Å². The van der Waals surface area contributed by atoms with Crippen LogP contribution in [-0.2, 0) is 0 Å². The lowest BCUT2D eigenvalue weighted by Gasteiger charge is -2.23. The number of likely N-dealkylation sites (tertiary alicyclic amines) is 2. The van der Waals surface area contributed by atoms with Gasteiger partial charge in [0.15, 0.2) is 5.96 Å². The minimum Gasteiger partial charge on any atom is -0.356 e. The van der Waals surface area contributed by atoms with Gasteiger partial charge >= 0.3 is 0 Å². The molecule has 4 rings (SSSR count).